The summed E-state index contributed by atoms with van der Waals surface area (Å²) in [5, 5.41) is 9.71. The fraction of sp³-hybridized carbons (Fsp3) is 0.273. The summed E-state index contributed by atoms with van der Waals surface area (Å²) < 4.78 is 5.33. The molecule has 1 aliphatic rings. The van der Waals surface area contributed by atoms with Gasteiger partial charge in [-0.15, -0.1) is 11.8 Å². The average molecular weight is 457 g/mol. The topological polar surface area (TPSA) is 97.1 Å². The molecule has 0 aliphatic carbocycles. The van der Waals surface area contributed by atoms with Gasteiger partial charge in [0, 0.05) is 33.0 Å². The lowest BCUT2D eigenvalue weighted by molar-refractivity contribution is -0.120. The number of anilines is 2. The summed E-state index contributed by atoms with van der Waals surface area (Å²) in [4.78, 5) is 30.2. The van der Waals surface area contributed by atoms with Gasteiger partial charge in [0.05, 0.1) is 10.9 Å². The lowest BCUT2D eigenvalue weighted by Crippen LogP contribution is -2.32. The molecule has 2 N–H and O–H groups in total. The summed E-state index contributed by atoms with van der Waals surface area (Å²) in [6.45, 7) is 6.00. The summed E-state index contributed by atoms with van der Waals surface area (Å²) in [7, 11) is 0. The van der Waals surface area contributed by atoms with E-state index < -0.39 is 5.25 Å². The highest BCUT2D eigenvalue weighted by Gasteiger charge is 2.29. The van der Waals surface area contributed by atoms with Crippen LogP contribution in [0.2, 0.25) is 5.02 Å². The first kappa shape index (κ1) is 21.4. The van der Waals surface area contributed by atoms with Crippen LogP contribution in [0.15, 0.2) is 51.9 Å². The molecule has 0 bridgehead atoms. The van der Waals surface area contributed by atoms with Gasteiger partial charge in [-0.3, -0.25) is 9.59 Å². The van der Waals surface area contributed by atoms with Gasteiger partial charge in [0.2, 0.25) is 23.5 Å². The molecular weight excluding hydrogens is 436 g/mol. The molecule has 7 nitrogen and oxygen atoms in total. The largest absolute Gasteiger partial charge is 0.338 e. The van der Waals surface area contributed by atoms with Gasteiger partial charge >= 0.3 is 0 Å². The number of amides is 2. The summed E-state index contributed by atoms with van der Waals surface area (Å²) in [6, 6.07) is 12.5. The molecule has 1 unspecified atom stereocenters. The molecule has 0 fully saturated rings. The molecule has 9 heteroatoms. The highest BCUT2D eigenvalue weighted by molar-refractivity contribution is 8.01. The molecule has 0 saturated heterocycles. The van der Waals surface area contributed by atoms with E-state index in [4.69, 9.17) is 16.1 Å². The molecule has 0 spiro atoms. The number of halogens is 1. The standard InChI is InChI=1S/C22H21ClN4O3S/c1-22(2,3)21-26-19(27-30-21)12-4-7-14(8-5-12)24-18(28)11-17-20(29)25-15-10-13(23)6-9-16(15)31-17/h4-10,17H,11H2,1-3H3,(H,24,28)(H,25,29). The molecule has 3 aromatic rings. The number of aromatic nitrogens is 2. The zero-order valence-corrected chi connectivity index (χ0v) is 18.8. The number of hydrogen-bond donors (Lipinski definition) is 2. The highest BCUT2D eigenvalue weighted by Crippen LogP contribution is 2.38. The molecule has 2 heterocycles. The molecule has 0 saturated carbocycles. The molecule has 1 aliphatic heterocycles. The minimum absolute atomic E-state index is 0.0557. The lowest BCUT2D eigenvalue weighted by Gasteiger charge is -2.23. The predicted molar refractivity (Wildman–Crippen MR) is 121 cm³/mol. The maximum atomic E-state index is 12.5. The van der Waals surface area contributed by atoms with Crippen LogP contribution in [0.4, 0.5) is 11.4 Å². The molecule has 1 atom stereocenters. The van der Waals surface area contributed by atoms with Crippen LogP contribution in [0.3, 0.4) is 0 Å². The number of carbonyl (C=O) groups is 2. The second-order valence-corrected chi connectivity index (χ2v) is 9.92. The molecule has 2 aromatic carbocycles. The lowest BCUT2D eigenvalue weighted by atomic mass is 9.97. The average Bonchev–Trinajstić information content (AvgIpc) is 3.20. The van der Waals surface area contributed by atoms with Crippen molar-refractivity contribution in [2.45, 2.75) is 42.8 Å². The van der Waals surface area contributed by atoms with E-state index in [0.717, 1.165) is 10.5 Å². The van der Waals surface area contributed by atoms with Gasteiger partial charge in [-0.25, -0.2) is 0 Å². The van der Waals surface area contributed by atoms with E-state index in [2.05, 4.69) is 20.8 Å². The van der Waals surface area contributed by atoms with E-state index in [1.807, 2.05) is 39.0 Å². The summed E-state index contributed by atoms with van der Waals surface area (Å²) in [5.74, 6) is 0.605. The highest BCUT2D eigenvalue weighted by atomic mass is 35.5. The summed E-state index contributed by atoms with van der Waals surface area (Å²) in [6.07, 6.45) is 0.0557. The smallest absolute Gasteiger partial charge is 0.238 e. The molecule has 31 heavy (non-hydrogen) atoms. The van der Waals surface area contributed by atoms with E-state index in [9.17, 15) is 9.59 Å². The fourth-order valence-corrected chi connectivity index (χ4v) is 4.25. The molecule has 0 radical (unpaired) electrons. The van der Waals surface area contributed by atoms with Gasteiger partial charge < -0.3 is 15.2 Å². The van der Waals surface area contributed by atoms with Gasteiger partial charge in [-0.2, -0.15) is 4.98 Å². The number of carbonyl (C=O) groups excluding carboxylic acids is 2. The third-order valence-corrected chi connectivity index (χ3v) is 6.14. The molecule has 2 amide bonds. The Hall–Kier alpha value is -2.84. The van der Waals surface area contributed by atoms with Crippen LogP contribution >= 0.6 is 23.4 Å². The van der Waals surface area contributed by atoms with E-state index >= 15 is 0 Å². The van der Waals surface area contributed by atoms with Gasteiger partial charge in [0.1, 0.15) is 0 Å². The quantitative estimate of drug-likeness (QED) is 0.564. The van der Waals surface area contributed by atoms with E-state index in [0.29, 0.717) is 28.1 Å². The van der Waals surface area contributed by atoms with Crippen molar-refractivity contribution in [3.8, 4) is 11.4 Å². The van der Waals surface area contributed by atoms with Gasteiger partial charge in [0.15, 0.2) is 0 Å². The van der Waals surface area contributed by atoms with E-state index in [1.54, 1.807) is 24.3 Å². The van der Waals surface area contributed by atoms with E-state index in [1.165, 1.54) is 11.8 Å². The second kappa shape index (κ2) is 8.36. The second-order valence-electron chi connectivity index (χ2n) is 8.24. The van der Waals surface area contributed by atoms with Crippen LogP contribution in [0.5, 0.6) is 0 Å². The van der Waals surface area contributed by atoms with Crippen LogP contribution in [0.25, 0.3) is 11.4 Å². The SMILES string of the molecule is CC(C)(C)c1nc(-c2ccc(NC(=O)CC3Sc4ccc(Cl)cc4NC3=O)cc2)no1. The van der Waals surface area contributed by atoms with Crippen molar-refractivity contribution in [2.24, 2.45) is 0 Å². The van der Waals surface area contributed by atoms with Crippen molar-refractivity contribution in [3.63, 3.8) is 0 Å². The summed E-state index contributed by atoms with van der Waals surface area (Å²) in [5.41, 5.74) is 1.86. The molecular formula is C22H21ClN4O3S. The number of benzene rings is 2. The third-order valence-electron chi connectivity index (χ3n) is 4.63. The van der Waals surface area contributed by atoms with Crippen LogP contribution in [0, 0.1) is 0 Å². The van der Waals surface area contributed by atoms with Crippen LogP contribution in [0.1, 0.15) is 33.1 Å². The molecule has 1 aromatic heterocycles. The first-order valence-electron chi connectivity index (χ1n) is 9.70. The minimum Gasteiger partial charge on any atom is -0.338 e. The Bertz CT molecular complexity index is 1140. The number of fused-ring (bicyclic) bond motifs is 1. The van der Waals surface area contributed by atoms with Crippen LogP contribution in [-0.4, -0.2) is 27.2 Å². The Morgan fingerprint density at radius 1 is 1.23 bits per heavy atom. The Labute approximate surface area is 188 Å². The van der Waals surface area contributed by atoms with Crippen molar-refractivity contribution in [3.05, 3.63) is 53.4 Å². The zero-order chi connectivity index (χ0) is 22.2. The molecule has 160 valence electrons. The van der Waals surface area contributed by atoms with Crippen molar-refractivity contribution < 1.29 is 14.1 Å². The van der Waals surface area contributed by atoms with Gasteiger partial charge in [-0.1, -0.05) is 37.5 Å². The van der Waals surface area contributed by atoms with Crippen molar-refractivity contribution in [2.75, 3.05) is 10.6 Å². The number of thioether (sulfide) groups is 1. The monoisotopic (exact) mass is 456 g/mol. The number of nitrogens with one attached hydrogen (secondary N) is 2. The minimum atomic E-state index is -0.511. The zero-order valence-electron chi connectivity index (χ0n) is 17.2. The van der Waals surface area contributed by atoms with Crippen molar-refractivity contribution >= 4 is 46.6 Å². The third kappa shape index (κ3) is 4.91. The maximum absolute atomic E-state index is 12.5. The van der Waals surface area contributed by atoms with Gasteiger partial charge in [-0.05, 0) is 42.5 Å². The fourth-order valence-electron chi connectivity index (χ4n) is 2.99. The van der Waals surface area contributed by atoms with Crippen LogP contribution < -0.4 is 10.6 Å². The number of hydrogen-bond acceptors (Lipinski definition) is 6. The first-order chi connectivity index (χ1) is 14.7. The van der Waals surface area contributed by atoms with Crippen LogP contribution in [-0.2, 0) is 15.0 Å². The maximum Gasteiger partial charge on any atom is 0.238 e. The van der Waals surface area contributed by atoms with Crippen molar-refractivity contribution in [1.82, 2.24) is 10.1 Å². The van der Waals surface area contributed by atoms with Gasteiger partial charge in [0.25, 0.3) is 0 Å². The normalized spacial score (nSPS) is 15.9. The Balaban J connectivity index is 1.38. The Morgan fingerprint density at radius 3 is 2.65 bits per heavy atom. The van der Waals surface area contributed by atoms with E-state index in [-0.39, 0.29) is 23.7 Å². The predicted octanol–water partition coefficient (Wildman–Crippen LogP) is 5.13. The Morgan fingerprint density at radius 2 is 1.97 bits per heavy atom. The number of nitrogens with zero attached hydrogens (tertiary/aromatic N) is 2. The number of rotatable bonds is 4. The first-order valence-corrected chi connectivity index (χ1v) is 11.0. The molecule has 4 rings (SSSR count). The Kier molecular flexibility index (Phi) is 5.77. The van der Waals surface area contributed by atoms with Crippen molar-refractivity contribution in [1.29, 1.82) is 0 Å². The summed E-state index contributed by atoms with van der Waals surface area (Å²) >= 11 is 7.33.